The fraction of sp³-hybridized carbons (Fsp3) is 0.632. The van der Waals surface area contributed by atoms with E-state index in [1.807, 2.05) is 30.9 Å². The van der Waals surface area contributed by atoms with Gasteiger partial charge in [0.15, 0.2) is 0 Å². The summed E-state index contributed by atoms with van der Waals surface area (Å²) in [5.41, 5.74) is 1.27. The first-order valence-electron chi connectivity index (χ1n) is 8.69. The van der Waals surface area contributed by atoms with E-state index >= 15 is 0 Å². The standard InChI is InChI=1S/C19H30N2O3/c1-14(2)19(22)21(8-9-23-3)13-16-11-20-12-18(16)15-6-5-7-17(10-15)24-4/h5-7,10,14,16,18,20H,8-9,11-13H2,1-4H3. The third kappa shape index (κ3) is 4.71. The molecule has 1 aromatic rings. The molecule has 1 N–H and O–H groups in total. The van der Waals surface area contributed by atoms with Crippen LogP contribution in [0.2, 0.25) is 0 Å². The van der Waals surface area contributed by atoms with Gasteiger partial charge in [-0.25, -0.2) is 0 Å². The molecule has 1 heterocycles. The Bertz CT molecular complexity index is 533. The summed E-state index contributed by atoms with van der Waals surface area (Å²) in [4.78, 5) is 14.5. The van der Waals surface area contributed by atoms with Crippen LogP contribution in [0.25, 0.3) is 0 Å². The number of benzene rings is 1. The molecular formula is C19H30N2O3. The maximum absolute atomic E-state index is 12.5. The van der Waals surface area contributed by atoms with Crippen LogP contribution in [0.3, 0.4) is 0 Å². The molecule has 2 unspecified atom stereocenters. The van der Waals surface area contributed by atoms with Gasteiger partial charge in [-0.05, 0) is 23.6 Å². The van der Waals surface area contributed by atoms with E-state index in [4.69, 9.17) is 9.47 Å². The van der Waals surface area contributed by atoms with Crippen molar-refractivity contribution in [1.82, 2.24) is 10.2 Å². The number of carbonyl (C=O) groups excluding carboxylic acids is 1. The lowest BCUT2D eigenvalue weighted by atomic mass is 9.88. The van der Waals surface area contributed by atoms with Crippen LogP contribution in [0.15, 0.2) is 24.3 Å². The molecule has 0 aliphatic carbocycles. The van der Waals surface area contributed by atoms with Gasteiger partial charge >= 0.3 is 0 Å². The van der Waals surface area contributed by atoms with Crippen molar-refractivity contribution in [1.29, 1.82) is 0 Å². The van der Waals surface area contributed by atoms with Gasteiger partial charge in [0.1, 0.15) is 5.75 Å². The average Bonchev–Trinajstić information content (AvgIpc) is 3.06. The molecule has 1 aliphatic rings. The number of ether oxygens (including phenoxy) is 2. The lowest BCUT2D eigenvalue weighted by Gasteiger charge is -2.29. The molecule has 0 spiro atoms. The lowest BCUT2D eigenvalue weighted by molar-refractivity contribution is -0.135. The first-order valence-corrected chi connectivity index (χ1v) is 8.69. The highest BCUT2D eigenvalue weighted by molar-refractivity contribution is 5.78. The zero-order chi connectivity index (χ0) is 17.5. The minimum absolute atomic E-state index is 0.00601. The van der Waals surface area contributed by atoms with Gasteiger partial charge in [-0.3, -0.25) is 4.79 Å². The molecule has 2 rings (SSSR count). The molecule has 1 amide bonds. The topological polar surface area (TPSA) is 50.8 Å². The molecule has 1 saturated heterocycles. The SMILES string of the molecule is COCCN(CC1CNCC1c1cccc(OC)c1)C(=O)C(C)C. The van der Waals surface area contributed by atoms with E-state index < -0.39 is 0 Å². The van der Waals surface area contributed by atoms with E-state index in [-0.39, 0.29) is 11.8 Å². The highest BCUT2D eigenvalue weighted by Gasteiger charge is 2.31. The monoisotopic (exact) mass is 334 g/mol. The summed E-state index contributed by atoms with van der Waals surface area (Å²) in [6.07, 6.45) is 0. The van der Waals surface area contributed by atoms with Crippen molar-refractivity contribution in [2.75, 3.05) is 47.0 Å². The zero-order valence-corrected chi connectivity index (χ0v) is 15.2. The summed E-state index contributed by atoms with van der Waals surface area (Å²) in [7, 11) is 3.37. The number of rotatable bonds is 8. The molecule has 0 saturated carbocycles. The van der Waals surface area contributed by atoms with Crippen LogP contribution in [0, 0.1) is 11.8 Å². The quantitative estimate of drug-likeness (QED) is 0.791. The molecule has 2 atom stereocenters. The Morgan fingerprint density at radius 1 is 1.33 bits per heavy atom. The molecule has 5 heteroatoms. The second kappa shape index (κ2) is 9.04. The van der Waals surface area contributed by atoms with Gasteiger partial charge in [0, 0.05) is 45.1 Å². The van der Waals surface area contributed by atoms with Crippen molar-refractivity contribution in [3.63, 3.8) is 0 Å². The Morgan fingerprint density at radius 2 is 2.12 bits per heavy atom. The summed E-state index contributed by atoms with van der Waals surface area (Å²) in [5, 5.41) is 3.48. The van der Waals surface area contributed by atoms with Crippen LogP contribution < -0.4 is 10.1 Å². The molecule has 0 bridgehead atoms. The average molecular weight is 334 g/mol. The Hall–Kier alpha value is -1.59. The van der Waals surface area contributed by atoms with Gasteiger partial charge in [0.2, 0.25) is 5.91 Å². The number of carbonyl (C=O) groups is 1. The molecule has 1 aromatic carbocycles. The van der Waals surface area contributed by atoms with Gasteiger partial charge in [0.25, 0.3) is 0 Å². The Labute approximate surface area is 145 Å². The van der Waals surface area contributed by atoms with E-state index in [1.54, 1.807) is 14.2 Å². The highest BCUT2D eigenvalue weighted by Crippen LogP contribution is 2.31. The predicted octanol–water partition coefficient (Wildman–Crippen LogP) is 2.13. The van der Waals surface area contributed by atoms with Gasteiger partial charge in [-0.1, -0.05) is 26.0 Å². The maximum atomic E-state index is 12.5. The predicted molar refractivity (Wildman–Crippen MR) is 95.4 cm³/mol. The van der Waals surface area contributed by atoms with E-state index in [2.05, 4.69) is 17.4 Å². The van der Waals surface area contributed by atoms with Crippen LogP contribution in [0.5, 0.6) is 5.75 Å². The van der Waals surface area contributed by atoms with Crippen molar-refractivity contribution in [3.05, 3.63) is 29.8 Å². The number of nitrogens with zero attached hydrogens (tertiary/aromatic N) is 1. The molecule has 0 aromatic heterocycles. The van der Waals surface area contributed by atoms with Crippen LogP contribution in [0.4, 0.5) is 0 Å². The smallest absolute Gasteiger partial charge is 0.225 e. The molecule has 5 nitrogen and oxygen atoms in total. The lowest BCUT2D eigenvalue weighted by Crippen LogP contribution is -2.41. The first kappa shape index (κ1) is 18.7. The summed E-state index contributed by atoms with van der Waals surface area (Å²) < 4.78 is 10.5. The normalized spacial score (nSPS) is 20.4. The summed E-state index contributed by atoms with van der Waals surface area (Å²) in [5.74, 6) is 1.88. The van der Waals surface area contributed by atoms with Crippen molar-refractivity contribution in [2.24, 2.45) is 11.8 Å². The Kier molecular flexibility index (Phi) is 7.06. The van der Waals surface area contributed by atoms with Crippen molar-refractivity contribution in [3.8, 4) is 5.75 Å². The summed E-state index contributed by atoms with van der Waals surface area (Å²) in [6, 6.07) is 8.25. The molecule has 24 heavy (non-hydrogen) atoms. The van der Waals surface area contributed by atoms with E-state index in [9.17, 15) is 4.79 Å². The van der Waals surface area contributed by atoms with Crippen LogP contribution in [-0.4, -0.2) is 57.8 Å². The van der Waals surface area contributed by atoms with Gasteiger partial charge in [-0.2, -0.15) is 0 Å². The van der Waals surface area contributed by atoms with Crippen LogP contribution in [0.1, 0.15) is 25.3 Å². The maximum Gasteiger partial charge on any atom is 0.225 e. The van der Waals surface area contributed by atoms with E-state index in [1.165, 1.54) is 5.56 Å². The third-order valence-corrected chi connectivity index (χ3v) is 4.69. The zero-order valence-electron chi connectivity index (χ0n) is 15.2. The fourth-order valence-electron chi connectivity index (χ4n) is 3.33. The number of nitrogens with one attached hydrogen (secondary N) is 1. The van der Waals surface area contributed by atoms with Gasteiger partial charge < -0.3 is 19.7 Å². The number of methoxy groups -OCH3 is 2. The Morgan fingerprint density at radius 3 is 2.79 bits per heavy atom. The van der Waals surface area contributed by atoms with Crippen LogP contribution in [-0.2, 0) is 9.53 Å². The molecule has 134 valence electrons. The van der Waals surface area contributed by atoms with E-state index in [0.717, 1.165) is 25.4 Å². The fourth-order valence-corrected chi connectivity index (χ4v) is 3.33. The highest BCUT2D eigenvalue weighted by atomic mass is 16.5. The third-order valence-electron chi connectivity index (χ3n) is 4.69. The minimum Gasteiger partial charge on any atom is -0.497 e. The summed E-state index contributed by atoms with van der Waals surface area (Å²) in [6.45, 7) is 7.75. The Balaban J connectivity index is 2.11. The second-order valence-electron chi connectivity index (χ2n) is 6.73. The van der Waals surface area contributed by atoms with Crippen molar-refractivity contribution in [2.45, 2.75) is 19.8 Å². The van der Waals surface area contributed by atoms with Crippen molar-refractivity contribution >= 4 is 5.91 Å². The first-order chi connectivity index (χ1) is 11.6. The number of hydrogen-bond donors (Lipinski definition) is 1. The van der Waals surface area contributed by atoms with Crippen molar-refractivity contribution < 1.29 is 14.3 Å². The largest absolute Gasteiger partial charge is 0.497 e. The minimum atomic E-state index is 0.00601. The van der Waals surface area contributed by atoms with Gasteiger partial charge in [-0.15, -0.1) is 0 Å². The molecule has 0 radical (unpaired) electrons. The molecular weight excluding hydrogens is 304 g/mol. The second-order valence-corrected chi connectivity index (χ2v) is 6.73. The number of amides is 1. The molecule has 1 fully saturated rings. The van der Waals surface area contributed by atoms with E-state index in [0.29, 0.717) is 25.0 Å². The summed E-state index contributed by atoms with van der Waals surface area (Å²) >= 11 is 0. The van der Waals surface area contributed by atoms with Crippen LogP contribution >= 0.6 is 0 Å². The van der Waals surface area contributed by atoms with Gasteiger partial charge in [0.05, 0.1) is 13.7 Å². The molecule has 1 aliphatic heterocycles. The number of hydrogen-bond acceptors (Lipinski definition) is 4.